The lowest BCUT2D eigenvalue weighted by molar-refractivity contribution is -0.0821. The highest BCUT2D eigenvalue weighted by Gasteiger charge is 2.46. The van der Waals surface area contributed by atoms with Crippen molar-refractivity contribution in [1.29, 1.82) is 0 Å². The Kier molecular flexibility index (Phi) is 5.92. The average molecular weight is 281 g/mol. The number of likely N-dealkylation sites (N-methyl/N-ethyl adjacent to an activating group) is 1. The number of ether oxygens (including phenoxy) is 1. The van der Waals surface area contributed by atoms with Crippen LogP contribution in [0, 0.1) is 17.8 Å². The van der Waals surface area contributed by atoms with Crippen LogP contribution in [0.25, 0.3) is 0 Å². The van der Waals surface area contributed by atoms with Crippen LogP contribution in [0.3, 0.4) is 0 Å². The van der Waals surface area contributed by atoms with Crippen molar-refractivity contribution in [3.8, 4) is 0 Å². The highest BCUT2D eigenvalue weighted by molar-refractivity contribution is 5.01. The summed E-state index contributed by atoms with van der Waals surface area (Å²) in [7, 11) is 0. The van der Waals surface area contributed by atoms with E-state index >= 15 is 0 Å². The third-order valence-corrected chi connectivity index (χ3v) is 5.98. The average Bonchev–Trinajstić information content (AvgIpc) is 2.89. The summed E-state index contributed by atoms with van der Waals surface area (Å²) in [5.74, 6) is 2.58. The third kappa shape index (κ3) is 3.39. The van der Waals surface area contributed by atoms with Gasteiger partial charge in [-0.25, -0.2) is 0 Å². The summed E-state index contributed by atoms with van der Waals surface area (Å²) in [6.45, 7) is 11.2. The molecular weight excluding hydrogens is 246 g/mol. The summed E-state index contributed by atoms with van der Waals surface area (Å²) < 4.78 is 6.36. The Morgan fingerprint density at radius 3 is 2.35 bits per heavy atom. The second-order valence-electron chi connectivity index (χ2n) is 7.27. The minimum absolute atomic E-state index is 0.135. The largest absolute Gasteiger partial charge is 0.374 e. The fourth-order valence-corrected chi connectivity index (χ4v) is 4.70. The van der Waals surface area contributed by atoms with E-state index in [-0.39, 0.29) is 5.60 Å². The third-order valence-electron chi connectivity index (χ3n) is 5.98. The molecule has 0 amide bonds. The summed E-state index contributed by atoms with van der Waals surface area (Å²) in [5, 5.41) is 3.83. The maximum absolute atomic E-state index is 6.36. The van der Waals surface area contributed by atoms with Crippen LogP contribution < -0.4 is 5.32 Å². The van der Waals surface area contributed by atoms with E-state index in [0.717, 1.165) is 30.9 Å². The maximum Gasteiger partial charge on any atom is 0.0837 e. The number of rotatable bonds is 6. The predicted octanol–water partition coefficient (Wildman–Crippen LogP) is 4.39. The number of hydrogen-bond acceptors (Lipinski definition) is 2. The minimum Gasteiger partial charge on any atom is -0.374 e. The van der Waals surface area contributed by atoms with E-state index in [1.54, 1.807) is 0 Å². The second-order valence-corrected chi connectivity index (χ2v) is 7.27. The van der Waals surface area contributed by atoms with Gasteiger partial charge in [-0.15, -0.1) is 0 Å². The fraction of sp³-hybridized carbons (Fsp3) is 1.00. The lowest BCUT2D eigenvalue weighted by Gasteiger charge is -2.45. The van der Waals surface area contributed by atoms with Gasteiger partial charge in [0.05, 0.1) is 5.60 Å². The summed E-state index contributed by atoms with van der Waals surface area (Å²) in [5.41, 5.74) is 0.135. The van der Waals surface area contributed by atoms with Crippen LogP contribution in [0.4, 0.5) is 0 Å². The molecule has 4 atom stereocenters. The summed E-state index contributed by atoms with van der Waals surface area (Å²) in [6, 6.07) is 0.574. The first-order valence-corrected chi connectivity index (χ1v) is 9.00. The van der Waals surface area contributed by atoms with Gasteiger partial charge in [-0.3, -0.25) is 0 Å². The van der Waals surface area contributed by atoms with Gasteiger partial charge in [0, 0.05) is 12.6 Å². The standard InChI is InChI=1S/C18H35NO/c1-5-19-17(16-10-9-14(3)15(4)13-16)18(20-6-2)11-7-8-12-18/h14-17,19H,5-13H2,1-4H3. The molecule has 2 aliphatic carbocycles. The van der Waals surface area contributed by atoms with Crippen LogP contribution in [-0.4, -0.2) is 24.8 Å². The van der Waals surface area contributed by atoms with Crippen LogP contribution >= 0.6 is 0 Å². The van der Waals surface area contributed by atoms with E-state index < -0.39 is 0 Å². The smallest absolute Gasteiger partial charge is 0.0837 e. The van der Waals surface area contributed by atoms with Crippen molar-refractivity contribution < 1.29 is 4.74 Å². The highest BCUT2D eigenvalue weighted by atomic mass is 16.5. The predicted molar refractivity (Wildman–Crippen MR) is 86.0 cm³/mol. The van der Waals surface area contributed by atoms with E-state index in [2.05, 4.69) is 33.0 Å². The molecule has 2 heteroatoms. The summed E-state index contributed by atoms with van der Waals surface area (Å²) >= 11 is 0. The van der Waals surface area contributed by atoms with Crippen molar-refractivity contribution in [3.05, 3.63) is 0 Å². The molecule has 2 saturated carbocycles. The molecule has 2 nitrogen and oxygen atoms in total. The molecule has 0 radical (unpaired) electrons. The maximum atomic E-state index is 6.36. The van der Waals surface area contributed by atoms with Crippen molar-refractivity contribution in [3.63, 3.8) is 0 Å². The Labute approximate surface area is 126 Å². The molecule has 2 fully saturated rings. The quantitative estimate of drug-likeness (QED) is 0.780. The molecule has 0 aromatic carbocycles. The van der Waals surface area contributed by atoms with Gasteiger partial charge in [0.25, 0.3) is 0 Å². The molecule has 0 heterocycles. The number of nitrogens with one attached hydrogen (secondary N) is 1. The molecule has 0 aliphatic heterocycles. The molecule has 1 N–H and O–H groups in total. The van der Waals surface area contributed by atoms with Gasteiger partial charge in [0.1, 0.15) is 0 Å². The Morgan fingerprint density at radius 2 is 1.80 bits per heavy atom. The van der Waals surface area contributed by atoms with Gasteiger partial charge in [-0.05, 0) is 56.9 Å². The van der Waals surface area contributed by atoms with Crippen molar-refractivity contribution in [2.75, 3.05) is 13.2 Å². The van der Waals surface area contributed by atoms with Crippen molar-refractivity contribution >= 4 is 0 Å². The first-order valence-electron chi connectivity index (χ1n) is 9.00. The molecule has 0 aromatic rings. The van der Waals surface area contributed by atoms with Crippen molar-refractivity contribution in [2.45, 2.75) is 84.3 Å². The lowest BCUT2D eigenvalue weighted by Crippen LogP contribution is -2.56. The van der Waals surface area contributed by atoms with Gasteiger partial charge < -0.3 is 10.1 Å². The fourth-order valence-electron chi connectivity index (χ4n) is 4.70. The molecule has 2 rings (SSSR count). The molecular formula is C18H35NO. The van der Waals surface area contributed by atoms with Gasteiger partial charge in [0.2, 0.25) is 0 Å². The zero-order chi connectivity index (χ0) is 14.6. The first kappa shape index (κ1) is 16.3. The minimum atomic E-state index is 0.135. The van der Waals surface area contributed by atoms with Crippen molar-refractivity contribution in [2.24, 2.45) is 17.8 Å². The molecule has 0 saturated heterocycles. The second kappa shape index (κ2) is 7.26. The Morgan fingerprint density at radius 1 is 1.10 bits per heavy atom. The van der Waals surface area contributed by atoms with Gasteiger partial charge in [-0.1, -0.05) is 40.0 Å². The molecule has 20 heavy (non-hydrogen) atoms. The first-order chi connectivity index (χ1) is 9.63. The van der Waals surface area contributed by atoms with Gasteiger partial charge in [0.15, 0.2) is 0 Å². The van der Waals surface area contributed by atoms with Crippen LogP contribution in [0.1, 0.15) is 72.6 Å². The van der Waals surface area contributed by atoms with Gasteiger partial charge >= 0.3 is 0 Å². The van der Waals surface area contributed by atoms with Crippen LogP contribution in [0.5, 0.6) is 0 Å². The SMILES string of the molecule is CCNC(C1CCC(C)C(C)C1)C1(OCC)CCCC1. The molecule has 118 valence electrons. The molecule has 0 bridgehead atoms. The van der Waals surface area contributed by atoms with E-state index in [1.807, 2.05) is 0 Å². The van der Waals surface area contributed by atoms with E-state index in [1.165, 1.54) is 44.9 Å². The topological polar surface area (TPSA) is 21.3 Å². The molecule has 4 unspecified atom stereocenters. The Balaban J connectivity index is 2.12. The van der Waals surface area contributed by atoms with E-state index in [4.69, 9.17) is 4.74 Å². The number of hydrogen-bond donors (Lipinski definition) is 1. The molecule has 2 aliphatic rings. The zero-order valence-electron chi connectivity index (χ0n) is 14.1. The van der Waals surface area contributed by atoms with E-state index in [0.29, 0.717) is 6.04 Å². The monoisotopic (exact) mass is 281 g/mol. The van der Waals surface area contributed by atoms with Crippen LogP contribution in [0.15, 0.2) is 0 Å². The molecule has 0 aromatic heterocycles. The van der Waals surface area contributed by atoms with Crippen LogP contribution in [0.2, 0.25) is 0 Å². The zero-order valence-corrected chi connectivity index (χ0v) is 14.1. The summed E-state index contributed by atoms with van der Waals surface area (Å²) in [4.78, 5) is 0. The lowest BCUT2D eigenvalue weighted by atomic mass is 9.69. The van der Waals surface area contributed by atoms with E-state index in [9.17, 15) is 0 Å². The molecule has 0 spiro atoms. The normalized spacial score (nSPS) is 35.1. The van der Waals surface area contributed by atoms with Crippen molar-refractivity contribution in [1.82, 2.24) is 5.32 Å². The highest BCUT2D eigenvalue weighted by Crippen LogP contribution is 2.44. The van der Waals surface area contributed by atoms with Crippen LogP contribution in [-0.2, 0) is 4.74 Å². The summed E-state index contributed by atoms with van der Waals surface area (Å²) in [6.07, 6.45) is 9.39. The van der Waals surface area contributed by atoms with Gasteiger partial charge in [-0.2, -0.15) is 0 Å². The Bertz CT molecular complexity index is 285. The Hall–Kier alpha value is -0.0800.